The van der Waals surface area contributed by atoms with Crippen LogP contribution in [0.15, 0.2) is 53.1 Å². The van der Waals surface area contributed by atoms with Crippen LogP contribution in [0.4, 0.5) is 0 Å². The van der Waals surface area contributed by atoms with Crippen molar-refractivity contribution in [2.75, 3.05) is 0 Å². The molecule has 0 unspecified atom stereocenters. The van der Waals surface area contributed by atoms with E-state index in [2.05, 4.69) is 15.5 Å². The number of aryl methyl sites for hydroxylation is 3. The first-order chi connectivity index (χ1) is 12.1. The second-order valence-electron chi connectivity index (χ2n) is 6.08. The minimum absolute atomic E-state index is 0.0291. The van der Waals surface area contributed by atoms with Crippen LogP contribution in [-0.4, -0.2) is 16.0 Å². The molecule has 1 N–H and O–H groups in total. The highest BCUT2D eigenvalue weighted by Gasteiger charge is 2.11. The molecule has 0 aliphatic heterocycles. The third-order valence-corrected chi connectivity index (χ3v) is 4.05. The van der Waals surface area contributed by atoms with E-state index >= 15 is 0 Å². The maximum atomic E-state index is 12.0. The molecule has 3 rings (SSSR count). The summed E-state index contributed by atoms with van der Waals surface area (Å²) in [6, 6.07) is 15.9. The van der Waals surface area contributed by atoms with Gasteiger partial charge in [0.05, 0.1) is 0 Å². The number of rotatable bonds is 6. The Hall–Kier alpha value is -2.95. The van der Waals surface area contributed by atoms with Gasteiger partial charge in [-0.1, -0.05) is 53.2 Å². The third-order valence-electron chi connectivity index (χ3n) is 4.05. The van der Waals surface area contributed by atoms with E-state index in [1.165, 1.54) is 5.56 Å². The van der Waals surface area contributed by atoms with Crippen LogP contribution >= 0.6 is 0 Å². The zero-order valence-corrected chi connectivity index (χ0v) is 14.5. The van der Waals surface area contributed by atoms with Gasteiger partial charge in [0.1, 0.15) is 0 Å². The van der Waals surface area contributed by atoms with Crippen LogP contribution in [0.5, 0.6) is 0 Å². The Morgan fingerprint density at radius 2 is 1.96 bits per heavy atom. The predicted octanol–water partition coefficient (Wildman–Crippen LogP) is 3.60. The van der Waals surface area contributed by atoms with Crippen molar-refractivity contribution in [3.05, 3.63) is 71.1 Å². The number of hydrogen-bond donors (Lipinski definition) is 1. The van der Waals surface area contributed by atoms with Crippen molar-refractivity contribution in [3.63, 3.8) is 0 Å². The summed E-state index contributed by atoms with van der Waals surface area (Å²) in [6.07, 6.45) is 0.750. The van der Waals surface area contributed by atoms with Crippen molar-refractivity contribution in [3.8, 4) is 11.4 Å². The lowest BCUT2D eigenvalue weighted by molar-refractivity contribution is -0.121. The number of amides is 1. The number of hydrogen-bond acceptors (Lipinski definition) is 4. The molecule has 0 radical (unpaired) electrons. The van der Waals surface area contributed by atoms with Gasteiger partial charge in [-0.3, -0.25) is 4.79 Å². The van der Waals surface area contributed by atoms with Gasteiger partial charge in [-0.2, -0.15) is 4.98 Å². The average molecular weight is 335 g/mol. The van der Waals surface area contributed by atoms with Crippen LogP contribution in [0.1, 0.15) is 29.0 Å². The number of nitrogens with zero attached hydrogens (tertiary/aromatic N) is 2. The fraction of sp³-hybridized carbons (Fsp3) is 0.250. The van der Waals surface area contributed by atoms with Crippen LogP contribution < -0.4 is 5.32 Å². The van der Waals surface area contributed by atoms with E-state index in [0.717, 1.165) is 16.7 Å². The molecular formula is C20H21N3O2. The minimum atomic E-state index is -0.0291. The van der Waals surface area contributed by atoms with E-state index in [4.69, 9.17) is 4.52 Å². The first-order valence-corrected chi connectivity index (χ1v) is 8.32. The molecule has 0 aliphatic carbocycles. The molecule has 0 atom stereocenters. The summed E-state index contributed by atoms with van der Waals surface area (Å²) in [5.74, 6) is 1.00. The SMILES string of the molecule is Cc1cccc(-c2noc(CCC(=O)NCc3ccccc3C)n2)c1. The van der Waals surface area contributed by atoms with Crippen LogP contribution in [0.25, 0.3) is 11.4 Å². The molecule has 5 nitrogen and oxygen atoms in total. The van der Waals surface area contributed by atoms with Crippen molar-refractivity contribution in [2.24, 2.45) is 0 Å². The first kappa shape index (κ1) is 16.9. The number of nitrogens with one attached hydrogen (secondary N) is 1. The Morgan fingerprint density at radius 3 is 2.76 bits per heavy atom. The van der Waals surface area contributed by atoms with E-state index in [9.17, 15) is 4.79 Å². The number of aromatic nitrogens is 2. The lowest BCUT2D eigenvalue weighted by atomic mass is 10.1. The summed E-state index contributed by atoms with van der Waals surface area (Å²) in [6.45, 7) is 4.58. The minimum Gasteiger partial charge on any atom is -0.352 e. The number of carbonyl (C=O) groups excluding carboxylic acids is 1. The Bertz CT molecular complexity index is 871. The van der Waals surface area contributed by atoms with Gasteiger partial charge in [0.25, 0.3) is 0 Å². The molecule has 2 aromatic carbocycles. The van der Waals surface area contributed by atoms with Gasteiger partial charge in [0.15, 0.2) is 0 Å². The Labute approximate surface area is 147 Å². The molecule has 0 aliphatic rings. The molecule has 0 spiro atoms. The van der Waals surface area contributed by atoms with Gasteiger partial charge in [-0.15, -0.1) is 0 Å². The fourth-order valence-electron chi connectivity index (χ4n) is 2.57. The van der Waals surface area contributed by atoms with Gasteiger partial charge in [-0.25, -0.2) is 0 Å². The highest BCUT2D eigenvalue weighted by atomic mass is 16.5. The molecule has 5 heteroatoms. The van der Waals surface area contributed by atoms with E-state index in [0.29, 0.717) is 31.1 Å². The summed E-state index contributed by atoms with van der Waals surface area (Å²) in [5, 5.41) is 6.92. The monoisotopic (exact) mass is 335 g/mol. The van der Waals surface area contributed by atoms with Gasteiger partial charge >= 0.3 is 0 Å². The Kier molecular flexibility index (Phi) is 5.23. The highest BCUT2D eigenvalue weighted by Crippen LogP contribution is 2.17. The van der Waals surface area contributed by atoms with Crippen molar-refractivity contribution in [1.29, 1.82) is 0 Å². The molecule has 3 aromatic rings. The zero-order chi connectivity index (χ0) is 17.6. The second kappa shape index (κ2) is 7.75. The maximum absolute atomic E-state index is 12.0. The van der Waals surface area contributed by atoms with Gasteiger partial charge < -0.3 is 9.84 Å². The Morgan fingerprint density at radius 1 is 1.12 bits per heavy atom. The van der Waals surface area contributed by atoms with Crippen molar-refractivity contribution < 1.29 is 9.32 Å². The largest absolute Gasteiger partial charge is 0.352 e. The molecule has 1 aromatic heterocycles. The zero-order valence-electron chi connectivity index (χ0n) is 14.5. The molecule has 0 fully saturated rings. The Balaban J connectivity index is 1.52. The topological polar surface area (TPSA) is 68.0 Å². The summed E-state index contributed by atoms with van der Waals surface area (Å²) in [7, 11) is 0. The summed E-state index contributed by atoms with van der Waals surface area (Å²) < 4.78 is 5.25. The summed E-state index contributed by atoms with van der Waals surface area (Å²) in [5.41, 5.74) is 4.34. The average Bonchev–Trinajstić information content (AvgIpc) is 3.08. The second-order valence-corrected chi connectivity index (χ2v) is 6.08. The van der Waals surface area contributed by atoms with Gasteiger partial charge in [0.2, 0.25) is 17.6 Å². The standard InChI is InChI=1S/C20H21N3O2/c1-14-6-5-9-16(12-14)20-22-19(25-23-20)11-10-18(24)21-13-17-8-4-3-7-15(17)2/h3-9,12H,10-11,13H2,1-2H3,(H,21,24). The van der Waals surface area contributed by atoms with E-state index in [1.54, 1.807) is 0 Å². The lowest BCUT2D eigenvalue weighted by Crippen LogP contribution is -2.23. The van der Waals surface area contributed by atoms with Crippen LogP contribution in [0.2, 0.25) is 0 Å². The fourth-order valence-corrected chi connectivity index (χ4v) is 2.57. The smallest absolute Gasteiger partial charge is 0.227 e. The van der Waals surface area contributed by atoms with Crippen LogP contribution in [0.3, 0.4) is 0 Å². The van der Waals surface area contributed by atoms with Crippen molar-refractivity contribution in [1.82, 2.24) is 15.5 Å². The van der Waals surface area contributed by atoms with Crippen molar-refractivity contribution in [2.45, 2.75) is 33.2 Å². The van der Waals surface area contributed by atoms with Gasteiger partial charge in [-0.05, 0) is 31.0 Å². The summed E-state index contributed by atoms with van der Waals surface area (Å²) >= 11 is 0. The molecule has 1 amide bonds. The number of carbonyl (C=O) groups is 1. The molecule has 0 saturated heterocycles. The van der Waals surface area contributed by atoms with E-state index in [1.807, 2.05) is 62.4 Å². The quantitative estimate of drug-likeness (QED) is 0.747. The third kappa shape index (κ3) is 4.53. The predicted molar refractivity (Wildman–Crippen MR) is 95.8 cm³/mol. The molecule has 1 heterocycles. The molecule has 128 valence electrons. The van der Waals surface area contributed by atoms with E-state index < -0.39 is 0 Å². The molecule has 25 heavy (non-hydrogen) atoms. The van der Waals surface area contributed by atoms with Crippen LogP contribution in [0, 0.1) is 13.8 Å². The van der Waals surface area contributed by atoms with E-state index in [-0.39, 0.29) is 5.91 Å². The first-order valence-electron chi connectivity index (χ1n) is 8.32. The van der Waals surface area contributed by atoms with Crippen LogP contribution in [-0.2, 0) is 17.8 Å². The lowest BCUT2D eigenvalue weighted by Gasteiger charge is -2.07. The highest BCUT2D eigenvalue weighted by molar-refractivity contribution is 5.76. The van der Waals surface area contributed by atoms with Crippen molar-refractivity contribution >= 4 is 5.91 Å². The molecular weight excluding hydrogens is 314 g/mol. The maximum Gasteiger partial charge on any atom is 0.227 e. The number of benzene rings is 2. The molecule has 0 saturated carbocycles. The van der Waals surface area contributed by atoms with Gasteiger partial charge in [0, 0.05) is 24.9 Å². The normalized spacial score (nSPS) is 10.6. The summed E-state index contributed by atoms with van der Waals surface area (Å²) in [4.78, 5) is 16.4. The molecule has 0 bridgehead atoms.